The molecular formula is C52H66NO6+. The third kappa shape index (κ3) is 9.56. The Bertz CT molecular complexity index is 2030. The molecule has 3 heterocycles. The quantitative estimate of drug-likeness (QED) is 0.0423. The molecule has 0 aromatic heterocycles. The standard InChI is InChI=1S/C52H66NO6/c1-9-51(10-2,42-17-13-38(14-18-42)49(5,6)41-23-27-45(28-24-41)55-33-46-34-56-46)58-32-12-31-54-44-25-21-40(22-26-44)50(7,8)39-15-19-43(20-16-39)52(11-3,59-36-47-35-57-47)37(4)48-29-30-53-48/h13-28,30,37,46-47H,9-12,29,31-36H2,1-8H3/q+1. The van der Waals surface area contributed by atoms with Gasteiger partial charge in [-0.05, 0) is 83.8 Å². The first-order valence-electron chi connectivity index (χ1n) is 22.0. The van der Waals surface area contributed by atoms with E-state index in [0.717, 1.165) is 56.8 Å². The summed E-state index contributed by atoms with van der Waals surface area (Å²) in [4.78, 5) is 0. The predicted octanol–water partition coefficient (Wildman–Crippen LogP) is 10.3. The monoisotopic (exact) mass is 800 g/mol. The minimum Gasteiger partial charge on any atom is -0.494 e. The van der Waals surface area contributed by atoms with Crippen LogP contribution >= 0.6 is 0 Å². The van der Waals surface area contributed by atoms with Gasteiger partial charge in [0.05, 0.1) is 44.6 Å². The number of epoxide rings is 2. The fourth-order valence-electron chi connectivity index (χ4n) is 8.68. The van der Waals surface area contributed by atoms with Gasteiger partial charge in [0.15, 0.2) is 0 Å². The third-order valence-corrected chi connectivity index (χ3v) is 13.5. The summed E-state index contributed by atoms with van der Waals surface area (Å²) in [5.41, 5.74) is 7.55. The Labute approximate surface area is 353 Å². The zero-order valence-electron chi connectivity index (χ0n) is 36.7. The van der Waals surface area contributed by atoms with Gasteiger partial charge in [-0.15, -0.1) is 4.67 Å². The lowest BCUT2D eigenvalue weighted by Gasteiger charge is -2.37. The average molecular weight is 801 g/mol. The van der Waals surface area contributed by atoms with E-state index in [0.29, 0.717) is 26.4 Å². The van der Waals surface area contributed by atoms with Gasteiger partial charge in [-0.3, -0.25) is 0 Å². The molecule has 314 valence electrons. The maximum Gasteiger partial charge on any atom is 0.297 e. The van der Waals surface area contributed by atoms with Crippen LogP contribution in [0.4, 0.5) is 0 Å². The van der Waals surface area contributed by atoms with Crippen molar-refractivity contribution in [3.05, 3.63) is 130 Å². The third-order valence-electron chi connectivity index (χ3n) is 13.5. The zero-order valence-corrected chi connectivity index (χ0v) is 36.7. The van der Waals surface area contributed by atoms with Gasteiger partial charge in [-0.2, -0.15) is 0 Å². The summed E-state index contributed by atoms with van der Waals surface area (Å²) >= 11 is 0. The molecule has 0 saturated carbocycles. The van der Waals surface area contributed by atoms with Gasteiger partial charge in [0.1, 0.15) is 42.3 Å². The van der Waals surface area contributed by atoms with Crippen molar-refractivity contribution >= 4 is 11.9 Å². The summed E-state index contributed by atoms with van der Waals surface area (Å²) < 4.78 is 40.9. The fourth-order valence-corrected chi connectivity index (χ4v) is 8.68. The summed E-state index contributed by atoms with van der Waals surface area (Å²) in [7, 11) is 0. The van der Waals surface area contributed by atoms with Crippen molar-refractivity contribution in [3.63, 3.8) is 0 Å². The minimum absolute atomic E-state index is 0.151. The summed E-state index contributed by atoms with van der Waals surface area (Å²) in [6.45, 7) is 22.1. The van der Waals surface area contributed by atoms with Gasteiger partial charge in [0, 0.05) is 17.3 Å². The van der Waals surface area contributed by atoms with Crippen molar-refractivity contribution < 1.29 is 28.4 Å². The van der Waals surface area contributed by atoms with Gasteiger partial charge >= 0.3 is 0 Å². The van der Waals surface area contributed by atoms with Crippen LogP contribution in [-0.4, -0.2) is 63.8 Å². The molecule has 2 fully saturated rings. The highest BCUT2D eigenvalue weighted by Crippen LogP contribution is 2.42. The Hall–Kier alpha value is -4.23. The first-order valence-corrected chi connectivity index (χ1v) is 22.0. The van der Waals surface area contributed by atoms with E-state index in [1.165, 1.54) is 39.1 Å². The van der Waals surface area contributed by atoms with E-state index in [4.69, 9.17) is 28.4 Å². The molecule has 0 spiro atoms. The van der Waals surface area contributed by atoms with Gasteiger partial charge in [-0.25, -0.2) is 0 Å². The molecule has 0 N–H and O–H groups in total. The van der Waals surface area contributed by atoms with E-state index in [2.05, 4.69) is 157 Å². The second kappa shape index (κ2) is 18.2. The van der Waals surface area contributed by atoms with Gasteiger partial charge in [-0.1, -0.05) is 121 Å². The molecule has 4 unspecified atom stereocenters. The van der Waals surface area contributed by atoms with Crippen LogP contribution in [0.25, 0.3) is 0 Å². The van der Waals surface area contributed by atoms with Crippen LogP contribution in [0.1, 0.15) is 121 Å². The zero-order chi connectivity index (χ0) is 41.7. The number of nitrogens with zero attached hydrogens (tertiary/aromatic N) is 1. The molecule has 2 saturated heterocycles. The topological polar surface area (TPSA) is 76.1 Å². The second-order valence-electron chi connectivity index (χ2n) is 17.7. The highest BCUT2D eigenvalue weighted by Gasteiger charge is 2.47. The molecule has 0 bridgehead atoms. The van der Waals surface area contributed by atoms with Gasteiger partial charge in [0.25, 0.3) is 11.9 Å². The average Bonchev–Trinajstić information content (AvgIpc) is 4.19. The summed E-state index contributed by atoms with van der Waals surface area (Å²) in [6, 6.07) is 35.2. The largest absolute Gasteiger partial charge is 0.494 e. The number of ether oxygens (including phenoxy) is 6. The lowest BCUT2D eigenvalue weighted by atomic mass is 9.74. The molecule has 4 aromatic carbocycles. The minimum atomic E-state index is -0.431. The van der Waals surface area contributed by atoms with E-state index in [1.54, 1.807) is 0 Å². The van der Waals surface area contributed by atoms with E-state index in [9.17, 15) is 0 Å². The van der Waals surface area contributed by atoms with Gasteiger partial charge in [0.2, 0.25) is 0 Å². The highest BCUT2D eigenvalue weighted by molar-refractivity contribution is 6.04. The lowest BCUT2D eigenvalue weighted by Crippen LogP contribution is -2.43. The Morgan fingerprint density at radius 1 is 0.576 bits per heavy atom. The molecule has 7 nitrogen and oxygen atoms in total. The van der Waals surface area contributed by atoms with Crippen LogP contribution in [0.3, 0.4) is 0 Å². The van der Waals surface area contributed by atoms with E-state index >= 15 is 0 Å². The summed E-state index contributed by atoms with van der Waals surface area (Å²) in [6.07, 6.45) is 6.86. The number of hydrogen-bond donors (Lipinski definition) is 0. The molecule has 4 aromatic rings. The molecule has 0 aliphatic carbocycles. The Morgan fingerprint density at radius 3 is 1.46 bits per heavy atom. The Kier molecular flexibility index (Phi) is 13.2. The molecule has 0 amide bonds. The molecule has 3 aliphatic rings. The fraction of sp³-hybridized carbons (Fsp3) is 0.500. The molecular weight excluding hydrogens is 735 g/mol. The Balaban J connectivity index is 0.917. The first kappa shape index (κ1) is 42.9. The van der Waals surface area contributed by atoms with Crippen molar-refractivity contribution in [3.8, 4) is 11.5 Å². The predicted molar refractivity (Wildman–Crippen MR) is 238 cm³/mol. The molecule has 59 heavy (non-hydrogen) atoms. The van der Waals surface area contributed by atoms with Crippen LogP contribution in [0.2, 0.25) is 0 Å². The van der Waals surface area contributed by atoms with Crippen LogP contribution < -0.4 is 14.1 Å². The molecule has 0 radical (unpaired) electrons. The van der Waals surface area contributed by atoms with Gasteiger partial charge < -0.3 is 28.4 Å². The molecule has 7 rings (SSSR count). The highest BCUT2D eigenvalue weighted by atomic mass is 16.6. The molecule has 7 heteroatoms. The van der Waals surface area contributed by atoms with Crippen molar-refractivity contribution in [2.45, 2.75) is 122 Å². The number of rotatable bonds is 23. The maximum atomic E-state index is 6.72. The number of benzene rings is 4. The maximum absolute atomic E-state index is 6.72. The summed E-state index contributed by atoms with van der Waals surface area (Å²) in [5, 5.41) is 0. The normalized spacial score (nSPS) is 19.0. The Morgan fingerprint density at radius 2 is 1.02 bits per heavy atom. The van der Waals surface area contributed by atoms with Crippen LogP contribution in [-0.2, 0) is 41.0 Å². The smallest absolute Gasteiger partial charge is 0.297 e. The number of hydrogen-bond acceptors (Lipinski definition) is 6. The molecule has 4 atom stereocenters. The second-order valence-corrected chi connectivity index (χ2v) is 17.7. The van der Waals surface area contributed by atoms with E-state index < -0.39 is 5.60 Å². The van der Waals surface area contributed by atoms with Crippen LogP contribution in [0.15, 0.2) is 97.1 Å². The van der Waals surface area contributed by atoms with Crippen LogP contribution in [0, 0.1) is 5.92 Å². The van der Waals surface area contributed by atoms with Crippen LogP contribution in [0.5, 0.6) is 11.5 Å². The van der Waals surface area contributed by atoms with E-state index in [1.807, 2.05) is 6.21 Å². The van der Waals surface area contributed by atoms with Crippen molar-refractivity contribution in [1.82, 2.24) is 4.67 Å². The van der Waals surface area contributed by atoms with Crippen molar-refractivity contribution in [2.75, 3.05) is 39.6 Å². The first-order chi connectivity index (χ1) is 28.4. The SMILES string of the molecule is CCC(CC)(OCCCOc1ccc(C(C)(C)c2ccc(C(CC)(OCC3CO3)C(C)C3=[N+]=CC3)cc2)cc1)c1ccc(C(C)(C)c2ccc(OCC3CO3)cc2)cc1. The lowest BCUT2D eigenvalue weighted by molar-refractivity contribution is -0.0800. The summed E-state index contributed by atoms with van der Waals surface area (Å²) in [5.74, 6) is 1.95. The van der Waals surface area contributed by atoms with Crippen molar-refractivity contribution in [1.29, 1.82) is 0 Å². The van der Waals surface area contributed by atoms with Crippen molar-refractivity contribution in [2.24, 2.45) is 5.92 Å². The molecule has 3 aliphatic heterocycles. The van der Waals surface area contributed by atoms with E-state index in [-0.39, 0.29) is 34.6 Å².